The van der Waals surface area contributed by atoms with Crippen molar-refractivity contribution in [2.24, 2.45) is 10.2 Å². The number of nitrogens with zero attached hydrogens (tertiary/aromatic N) is 3. The molecule has 0 saturated heterocycles. The fraction of sp³-hybridized carbons (Fsp3) is 0.100. The van der Waals surface area contributed by atoms with Gasteiger partial charge >= 0.3 is 0 Å². The number of nitrogens with one attached hydrogen (secondary N) is 1. The summed E-state index contributed by atoms with van der Waals surface area (Å²) < 4.78 is 0. The molecule has 1 radical (unpaired) electrons. The third-order valence-corrected chi connectivity index (χ3v) is 1.88. The summed E-state index contributed by atoms with van der Waals surface area (Å²) >= 11 is 0. The quantitative estimate of drug-likeness (QED) is 0.614. The van der Waals surface area contributed by atoms with Gasteiger partial charge in [-0.2, -0.15) is 0 Å². The molecule has 5 nitrogen and oxygen atoms in total. The van der Waals surface area contributed by atoms with Gasteiger partial charge in [-0.1, -0.05) is 24.4 Å². The molecule has 81 valence electrons. The third kappa shape index (κ3) is 2.32. The van der Waals surface area contributed by atoms with Gasteiger partial charge in [0.1, 0.15) is 5.91 Å². The second-order valence-electron chi connectivity index (χ2n) is 2.85. The number of amides is 1. The molecule has 0 unspecified atom stereocenters. The number of carbonyl (C=O) groups excluding carboxylic acids is 1. The maximum absolute atomic E-state index is 11.7. The zero-order valence-corrected chi connectivity index (χ0v) is 9.98. The fourth-order valence-electron chi connectivity index (χ4n) is 1.22. The van der Waals surface area contributed by atoms with E-state index in [-0.39, 0.29) is 30.2 Å². The standard InChI is InChI=1S/C10H9N4O.V/c1-11-13-9-7-12-14(10(9)15)8-5-3-2-4-6-8;/h2-6,11H,1H3;/q-1;/b13-9+;. The Morgan fingerprint density at radius 1 is 1.38 bits per heavy atom. The van der Waals surface area contributed by atoms with E-state index in [1.807, 2.05) is 18.2 Å². The van der Waals surface area contributed by atoms with Gasteiger partial charge in [-0.05, 0) is 17.8 Å². The number of hydrogen-bond donors (Lipinski definition) is 1. The first kappa shape index (κ1) is 12.5. The molecule has 1 aromatic carbocycles. The minimum Gasteiger partial charge on any atom is -0.379 e. The average Bonchev–Trinajstić information content (AvgIpc) is 2.63. The molecule has 6 heteroatoms. The number of carbonyl (C=O) groups is 1. The second-order valence-corrected chi connectivity index (χ2v) is 2.85. The van der Waals surface area contributed by atoms with Crippen LogP contribution in [0, 0.1) is 0 Å². The molecule has 0 spiro atoms. The van der Waals surface area contributed by atoms with Gasteiger partial charge in [-0.25, -0.2) is 5.10 Å². The van der Waals surface area contributed by atoms with E-state index in [0.717, 1.165) is 0 Å². The Labute approximate surface area is 105 Å². The van der Waals surface area contributed by atoms with Crippen LogP contribution in [0.15, 0.2) is 40.5 Å². The minimum absolute atomic E-state index is 0. The largest absolute Gasteiger partial charge is 0.379 e. The molecule has 2 rings (SSSR count). The molecule has 1 aliphatic heterocycles. The van der Waals surface area contributed by atoms with Crippen molar-refractivity contribution >= 4 is 23.5 Å². The van der Waals surface area contributed by atoms with E-state index in [1.165, 1.54) is 5.01 Å². The molecule has 0 fully saturated rings. The van der Waals surface area contributed by atoms with E-state index < -0.39 is 0 Å². The van der Waals surface area contributed by atoms with Crippen molar-refractivity contribution < 1.29 is 23.4 Å². The molecule has 0 aliphatic carbocycles. The molecule has 0 saturated carbocycles. The van der Waals surface area contributed by atoms with Crippen LogP contribution in [-0.4, -0.2) is 24.9 Å². The fourth-order valence-corrected chi connectivity index (χ4v) is 1.22. The van der Waals surface area contributed by atoms with Crippen molar-refractivity contribution in [3.8, 4) is 0 Å². The SMILES string of the molecule is CN/N=C1\[C-]=NN(c2ccccc2)C1=O.[V]. The van der Waals surface area contributed by atoms with Crippen LogP contribution in [0.3, 0.4) is 0 Å². The molecule has 1 aliphatic rings. The molecule has 1 N–H and O–H groups in total. The van der Waals surface area contributed by atoms with E-state index >= 15 is 0 Å². The molecule has 16 heavy (non-hydrogen) atoms. The molecular formula is C10H9N4OV-. The summed E-state index contributed by atoms with van der Waals surface area (Å²) in [5.41, 5.74) is 3.42. The van der Waals surface area contributed by atoms with E-state index in [2.05, 4.69) is 21.8 Å². The van der Waals surface area contributed by atoms with Crippen molar-refractivity contribution in [2.75, 3.05) is 12.1 Å². The van der Waals surface area contributed by atoms with E-state index in [1.54, 1.807) is 19.2 Å². The number of rotatable bonds is 2. The summed E-state index contributed by atoms with van der Waals surface area (Å²) in [6, 6.07) is 9.15. The van der Waals surface area contributed by atoms with Crippen molar-refractivity contribution in [3.63, 3.8) is 0 Å². The zero-order valence-electron chi connectivity index (χ0n) is 8.58. The first-order valence-electron chi connectivity index (χ1n) is 4.43. The smallest absolute Gasteiger partial charge is 0.139 e. The molecule has 1 amide bonds. The van der Waals surface area contributed by atoms with Gasteiger partial charge in [0.15, 0.2) is 0 Å². The minimum atomic E-state index is -0.282. The molecule has 0 atom stereocenters. The van der Waals surface area contributed by atoms with Crippen LogP contribution in [0.5, 0.6) is 0 Å². The molecule has 1 aromatic rings. The van der Waals surface area contributed by atoms with Gasteiger partial charge in [0.25, 0.3) is 0 Å². The summed E-state index contributed by atoms with van der Waals surface area (Å²) in [6.07, 6.45) is 2.54. The van der Waals surface area contributed by atoms with Gasteiger partial charge in [0.05, 0.1) is 0 Å². The van der Waals surface area contributed by atoms with Crippen LogP contribution in [-0.2, 0) is 23.4 Å². The van der Waals surface area contributed by atoms with Crippen molar-refractivity contribution in [2.45, 2.75) is 0 Å². The molecule has 0 bridgehead atoms. The Morgan fingerprint density at radius 3 is 2.69 bits per heavy atom. The summed E-state index contributed by atoms with van der Waals surface area (Å²) in [5.74, 6) is -0.282. The van der Waals surface area contributed by atoms with Gasteiger partial charge in [0.2, 0.25) is 0 Å². The predicted octanol–water partition coefficient (Wildman–Crippen LogP) is 0.469. The number of hydrogen-bond acceptors (Lipinski definition) is 4. The van der Waals surface area contributed by atoms with E-state index in [4.69, 9.17) is 0 Å². The van der Waals surface area contributed by atoms with Crippen molar-refractivity contribution in [3.05, 3.63) is 30.3 Å². The Hall–Kier alpha value is -1.59. The molecule has 1 heterocycles. The topological polar surface area (TPSA) is 57.1 Å². The van der Waals surface area contributed by atoms with Crippen LogP contribution in [0.2, 0.25) is 0 Å². The van der Waals surface area contributed by atoms with Gasteiger partial charge < -0.3 is 10.2 Å². The second kappa shape index (κ2) is 5.48. The first-order valence-corrected chi connectivity index (χ1v) is 4.43. The summed E-state index contributed by atoms with van der Waals surface area (Å²) in [6.45, 7) is 0. The summed E-state index contributed by atoms with van der Waals surface area (Å²) in [7, 11) is 1.62. The number of benzene rings is 1. The zero-order chi connectivity index (χ0) is 10.7. The van der Waals surface area contributed by atoms with Crippen LogP contribution in [0.25, 0.3) is 0 Å². The molecular weight excluding hydrogens is 243 g/mol. The van der Waals surface area contributed by atoms with Crippen LogP contribution >= 0.6 is 0 Å². The number of para-hydroxylation sites is 1. The number of anilines is 1. The maximum Gasteiger partial charge on any atom is 0.139 e. The maximum atomic E-state index is 11.7. The van der Waals surface area contributed by atoms with E-state index in [9.17, 15) is 4.79 Å². The number of hydrazone groups is 2. The average molecular weight is 252 g/mol. The van der Waals surface area contributed by atoms with Crippen LogP contribution in [0.4, 0.5) is 5.69 Å². The van der Waals surface area contributed by atoms with Crippen molar-refractivity contribution in [1.29, 1.82) is 0 Å². The normalized spacial score (nSPS) is 16.4. The Kier molecular flexibility index (Phi) is 4.28. The Bertz CT molecular complexity index is 430. The Balaban J connectivity index is 0.00000128. The van der Waals surface area contributed by atoms with Crippen LogP contribution in [0.1, 0.15) is 0 Å². The van der Waals surface area contributed by atoms with Gasteiger partial charge in [0, 0.05) is 31.3 Å². The van der Waals surface area contributed by atoms with Gasteiger partial charge in [-0.15, -0.1) is 0 Å². The first-order chi connectivity index (χ1) is 7.33. The third-order valence-electron chi connectivity index (χ3n) is 1.88. The summed E-state index contributed by atoms with van der Waals surface area (Å²) in [5, 5.41) is 8.86. The predicted molar refractivity (Wildman–Crippen MR) is 57.9 cm³/mol. The van der Waals surface area contributed by atoms with Crippen LogP contribution < -0.4 is 10.4 Å². The molecule has 0 aromatic heterocycles. The monoisotopic (exact) mass is 252 g/mol. The van der Waals surface area contributed by atoms with Crippen molar-refractivity contribution in [1.82, 2.24) is 5.43 Å². The van der Waals surface area contributed by atoms with E-state index in [0.29, 0.717) is 5.69 Å². The Morgan fingerprint density at radius 2 is 2.06 bits per heavy atom. The van der Waals surface area contributed by atoms with Gasteiger partial charge in [-0.3, -0.25) is 10.1 Å². The summed E-state index contributed by atoms with van der Waals surface area (Å²) in [4.78, 5) is 11.7.